The van der Waals surface area contributed by atoms with Gasteiger partial charge in [0.25, 0.3) is 5.89 Å². The predicted octanol–water partition coefficient (Wildman–Crippen LogP) is 4.05. The summed E-state index contributed by atoms with van der Waals surface area (Å²) in [4.78, 5) is 15.1. The molecule has 0 aliphatic heterocycles. The molecule has 0 atom stereocenters. The Hall–Kier alpha value is -2.88. The topological polar surface area (TPSA) is 56.2 Å². The van der Waals surface area contributed by atoms with Crippen molar-refractivity contribution in [2.75, 3.05) is 0 Å². The normalized spacial score (nSPS) is 11.2. The third-order valence-corrected chi connectivity index (χ3v) is 3.23. The molecule has 4 aromatic rings. The molecule has 4 nitrogen and oxygen atoms in total. The van der Waals surface area contributed by atoms with E-state index in [4.69, 9.17) is 8.83 Å². The molecule has 0 N–H and O–H groups in total. The van der Waals surface area contributed by atoms with E-state index in [0.717, 1.165) is 21.9 Å². The number of aromatic nitrogens is 1. The van der Waals surface area contributed by atoms with Gasteiger partial charge in [-0.2, -0.15) is 0 Å². The summed E-state index contributed by atoms with van der Waals surface area (Å²) in [7, 11) is 0. The number of nitrogens with zero attached hydrogens (tertiary/aromatic N) is 1. The summed E-state index contributed by atoms with van der Waals surface area (Å²) in [5, 5.41) is 2.10. The lowest BCUT2D eigenvalue weighted by Crippen LogP contribution is -1.73. The first-order valence-electron chi connectivity index (χ1n) is 6.19. The average Bonchev–Trinajstić information content (AvgIpc) is 3.13. The molecule has 0 unspecified atom stereocenters. The fourth-order valence-corrected chi connectivity index (χ4v) is 2.29. The molecule has 2 aromatic carbocycles. The van der Waals surface area contributed by atoms with Crippen LogP contribution in [0.25, 0.3) is 33.5 Å². The number of oxazole rings is 1. The Labute approximate surface area is 113 Å². The molecule has 0 fully saturated rings. The Kier molecular flexibility index (Phi) is 2.23. The second kappa shape index (κ2) is 4.06. The summed E-state index contributed by atoms with van der Waals surface area (Å²) < 4.78 is 11.1. The van der Waals surface area contributed by atoms with Gasteiger partial charge in [-0.05, 0) is 23.6 Å². The van der Waals surface area contributed by atoms with Gasteiger partial charge in [-0.25, -0.2) is 4.98 Å². The van der Waals surface area contributed by atoms with E-state index >= 15 is 0 Å². The fourth-order valence-electron chi connectivity index (χ4n) is 2.29. The standard InChI is InChI=1S/C16H9NO3/c18-9-11-6-8-14(19-11)16-17-13-7-5-10-3-1-2-4-12(10)15(13)20-16/h1-9H. The van der Waals surface area contributed by atoms with E-state index in [-0.39, 0.29) is 5.76 Å². The van der Waals surface area contributed by atoms with Crippen LogP contribution < -0.4 is 0 Å². The number of hydrogen-bond donors (Lipinski definition) is 0. The summed E-state index contributed by atoms with van der Waals surface area (Å²) >= 11 is 0. The third-order valence-electron chi connectivity index (χ3n) is 3.23. The van der Waals surface area contributed by atoms with Crippen LogP contribution in [0.2, 0.25) is 0 Å². The lowest BCUT2D eigenvalue weighted by atomic mass is 10.1. The van der Waals surface area contributed by atoms with Gasteiger partial charge in [0.2, 0.25) is 0 Å². The number of fused-ring (bicyclic) bond motifs is 3. The molecule has 0 bridgehead atoms. The molecule has 4 rings (SSSR count). The highest BCUT2D eigenvalue weighted by atomic mass is 16.4. The third kappa shape index (κ3) is 1.55. The predicted molar refractivity (Wildman–Crippen MR) is 74.6 cm³/mol. The number of rotatable bonds is 2. The van der Waals surface area contributed by atoms with Crippen molar-refractivity contribution in [1.82, 2.24) is 4.98 Å². The van der Waals surface area contributed by atoms with E-state index in [9.17, 15) is 4.79 Å². The van der Waals surface area contributed by atoms with Crippen LogP contribution in [0.5, 0.6) is 0 Å². The van der Waals surface area contributed by atoms with E-state index in [1.165, 1.54) is 0 Å². The highest BCUT2D eigenvalue weighted by molar-refractivity contribution is 6.03. The van der Waals surface area contributed by atoms with Gasteiger partial charge in [0, 0.05) is 5.39 Å². The van der Waals surface area contributed by atoms with Crippen LogP contribution >= 0.6 is 0 Å². The maximum absolute atomic E-state index is 10.7. The maximum atomic E-state index is 10.7. The lowest BCUT2D eigenvalue weighted by Gasteiger charge is -1.95. The van der Waals surface area contributed by atoms with Crippen LogP contribution in [0.15, 0.2) is 57.4 Å². The van der Waals surface area contributed by atoms with Crippen LogP contribution in [0.4, 0.5) is 0 Å². The molecule has 0 amide bonds. The second-order valence-corrected chi connectivity index (χ2v) is 4.47. The Morgan fingerprint density at radius 3 is 2.70 bits per heavy atom. The van der Waals surface area contributed by atoms with Gasteiger partial charge in [-0.1, -0.05) is 30.3 Å². The first-order chi connectivity index (χ1) is 9.85. The van der Waals surface area contributed by atoms with Gasteiger partial charge in [-0.3, -0.25) is 4.79 Å². The minimum atomic E-state index is 0.257. The lowest BCUT2D eigenvalue weighted by molar-refractivity contribution is 0.110. The minimum absolute atomic E-state index is 0.257. The highest BCUT2D eigenvalue weighted by Gasteiger charge is 2.13. The molecule has 0 spiro atoms. The minimum Gasteiger partial charge on any atom is -0.448 e. The van der Waals surface area contributed by atoms with E-state index < -0.39 is 0 Å². The zero-order valence-electron chi connectivity index (χ0n) is 10.4. The van der Waals surface area contributed by atoms with E-state index in [1.54, 1.807) is 12.1 Å². The maximum Gasteiger partial charge on any atom is 0.263 e. The first kappa shape index (κ1) is 11.0. The molecule has 0 aliphatic carbocycles. The summed E-state index contributed by atoms with van der Waals surface area (Å²) in [6.45, 7) is 0. The van der Waals surface area contributed by atoms with Crippen molar-refractivity contribution in [3.63, 3.8) is 0 Å². The molecule has 0 aliphatic rings. The second-order valence-electron chi connectivity index (χ2n) is 4.47. The van der Waals surface area contributed by atoms with Crippen molar-refractivity contribution in [2.45, 2.75) is 0 Å². The molecule has 0 saturated heterocycles. The van der Waals surface area contributed by atoms with Crippen molar-refractivity contribution in [1.29, 1.82) is 0 Å². The quantitative estimate of drug-likeness (QED) is 0.512. The summed E-state index contributed by atoms with van der Waals surface area (Å²) in [5.41, 5.74) is 1.49. The molecular weight excluding hydrogens is 254 g/mol. The number of furan rings is 1. The van der Waals surface area contributed by atoms with Gasteiger partial charge < -0.3 is 8.83 Å². The SMILES string of the molecule is O=Cc1ccc(-c2nc3ccc4ccccc4c3o2)o1. The molecule has 96 valence electrons. The molecule has 0 saturated carbocycles. The zero-order chi connectivity index (χ0) is 13.5. The Balaban J connectivity index is 1.98. The highest BCUT2D eigenvalue weighted by Crippen LogP contribution is 2.30. The van der Waals surface area contributed by atoms with Crippen LogP contribution in [-0.2, 0) is 0 Å². The number of carbonyl (C=O) groups excluding carboxylic acids is 1. The summed E-state index contributed by atoms with van der Waals surface area (Å²) in [5.74, 6) is 1.09. The van der Waals surface area contributed by atoms with Crippen molar-refractivity contribution in [3.8, 4) is 11.7 Å². The van der Waals surface area contributed by atoms with Crippen molar-refractivity contribution >= 4 is 28.2 Å². The van der Waals surface area contributed by atoms with Crippen LogP contribution in [0, 0.1) is 0 Å². The Morgan fingerprint density at radius 2 is 1.85 bits per heavy atom. The van der Waals surface area contributed by atoms with Gasteiger partial charge in [0.05, 0.1) is 0 Å². The van der Waals surface area contributed by atoms with Crippen molar-refractivity contribution in [3.05, 3.63) is 54.3 Å². The molecule has 2 aromatic heterocycles. The number of benzene rings is 2. The van der Waals surface area contributed by atoms with E-state index in [1.807, 2.05) is 36.4 Å². The van der Waals surface area contributed by atoms with Gasteiger partial charge >= 0.3 is 0 Å². The number of aldehydes is 1. The van der Waals surface area contributed by atoms with E-state index in [2.05, 4.69) is 4.98 Å². The van der Waals surface area contributed by atoms with Crippen LogP contribution in [-0.4, -0.2) is 11.3 Å². The van der Waals surface area contributed by atoms with Gasteiger partial charge in [-0.15, -0.1) is 0 Å². The Morgan fingerprint density at radius 1 is 0.950 bits per heavy atom. The van der Waals surface area contributed by atoms with Crippen molar-refractivity contribution in [2.24, 2.45) is 0 Å². The first-order valence-corrected chi connectivity index (χ1v) is 6.19. The molecular formula is C16H9NO3. The molecule has 4 heteroatoms. The number of hydrogen-bond acceptors (Lipinski definition) is 4. The average molecular weight is 263 g/mol. The van der Waals surface area contributed by atoms with Crippen LogP contribution in [0.1, 0.15) is 10.6 Å². The molecule has 2 heterocycles. The molecule has 20 heavy (non-hydrogen) atoms. The Bertz CT molecular complexity index is 933. The van der Waals surface area contributed by atoms with Gasteiger partial charge in [0.1, 0.15) is 5.52 Å². The number of carbonyl (C=O) groups is 1. The monoisotopic (exact) mass is 263 g/mol. The van der Waals surface area contributed by atoms with Gasteiger partial charge in [0.15, 0.2) is 23.4 Å². The largest absolute Gasteiger partial charge is 0.448 e. The van der Waals surface area contributed by atoms with Crippen molar-refractivity contribution < 1.29 is 13.6 Å². The fraction of sp³-hybridized carbons (Fsp3) is 0. The zero-order valence-corrected chi connectivity index (χ0v) is 10.4. The summed E-state index contributed by atoms with van der Waals surface area (Å²) in [6, 6.07) is 15.1. The van der Waals surface area contributed by atoms with Crippen LogP contribution in [0.3, 0.4) is 0 Å². The van der Waals surface area contributed by atoms with E-state index in [0.29, 0.717) is 17.9 Å². The summed E-state index contributed by atoms with van der Waals surface area (Å²) in [6.07, 6.45) is 0.654. The smallest absolute Gasteiger partial charge is 0.263 e. The molecule has 0 radical (unpaired) electrons.